The normalized spacial score (nSPS) is 12.4. The minimum atomic E-state index is -0.700. The maximum Gasteiger partial charge on any atom is 0.329 e. The first kappa shape index (κ1) is 18.1. The lowest BCUT2D eigenvalue weighted by Crippen LogP contribution is -2.20. The second-order valence-electron chi connectivity index (χ2n) is 4.58. The molecule has 1 aromatic carbocycles. The van der Waals surface area contributed by atoms with Crippen LogP contribution in [0.2, 0.25) is 0 Å². The van der Waals surface area contributed by atoms with Gasteiger partial charge in [-0.3, -0.25) is 0 Å². The van der Waals surface area contributed by atoms with Gasteiger partial charge in [-0.2, -0.15) is 0 Å². The predicted octanol–water partition coefficient (Wildman–Crippen LogP) is 3.68. The summed E-state index contributed by atoms with van der Waals surface area (Å²) in [6.07, 6.45) is 4.69. The van der Waals surface area contributed by atoms with Crippen LogP contribution in [-0.4, -0.2) is 18.2 Å². The summed E-state index contributed by atoms with van der Waals surface area (Å²) in [5, 5.41) is 10.1. The quantitative estimate of drug-likeness (QED) is 0.659. The number of aliphatic hydroxyl groups is 1. The summed E-state index contributed by atoms with van der Waals surface area (Å²) in [7, 11) is 1.31. The van der Waals surface area contributed by atoms with Crippen LogP contribution in [-0.2, 0) is 15.1 Å². The van der Waals surface area contributed by atoms with Gasteiger partial charge in [-0.05, 0) is 24.5 Å². The third-order valence-electron chi connectivity index (χ3n) is 2.87. The predicted molar refractivity (Wildman–Crippen MR) is 83.2 cm³/mol. The summed E-state index contributed by atoms with van der Waals surface area (Å²) in [5.74, 6) is -0.394. The highest BCUT2D eigenvalue weighted by atomic mass is 16.5. The van der Waals surface area contributed by atoms with E-state index < -0.39 is 11.6 Å². The van der Waals surface area contributed by atoms with Gasteiger partial charge >= 0.3 is 5.97 Å². The number of benzene rings is 1. The molecule has 1 unspecified atom stereocenters. The summed E-state index contributed by atoms with van der Waals surface area (Å²) >= 11 is 0. The molecule has 20 heavy (non-hydrogen) atoms. The SMILES string of the molecule is C=CC(=O)OC.C=Cc1ccc(C(C)(O)CCC)cc1. The topological polar surface area (TPSA) is 46.5 Å². The van der Waals surface area contributed by atoms with Crippen LogP contribution in [0.5, 0.6) is 0 Å². The molecule has 0 spiro atoms. The standard InChI is InChI=1S/C13H18O.C4H6O2/c1-4-10-13(3,14)12-8-6-11(5-2)7-9-12;1-3-4(5)6-2/h5-9,14H,2,4,10H2,1,3H3;3H,1H2,2H3. The van der Waals surface area contributed by atoms with E-state index in [-0.39, 0.29) is 0 Å². The van der Waals surface area contributed by atoms with Crippen LogP contribution in [0.15, 0.2) is 43.5 Å². The fraction of sp³-hybridized carbons (Fsp3) is 0.353. The Labute approximate surface area is 121 Å². The van der Waals surface area contributed by atoms with E-state index in [1.165, 1.54) is 7.11 Å². The Balaban J connectivity index is 0.000000511. The smallest absolute Gasteiger partial charge is 0.329 e. The lowest BCUT2D eigenvalue weighted by Gasteiger charge is -2.23. The van der Waals surface area contributed by atoms with Crippen molar-refractivity contribution in [2.45, 2.75) is 32.3 Å². The second kappa shape index (κ2) is 9.10. The van der Waals surface area contributed by atoms with Crippen LogP contribution in [0, 0.1) is 0 Å². The minimum absolute atomic E-state index is 0.394. The van der Waals surface area contributed by atoms with Crippen molar-refractivity contribution >= 4 is 12.0 Å². The molecular weight excluding hydrogens is 252 g/mol. The zero-order chi connectivity index (χ0) is 15.6. The molecule has 0 radical (unpaired) electrons. The van der Waals surface area contributed by atoms with Crippen molar-refractivity contribution in [1.82, 2.24) is 0 Å². The molecule has 0 bridgehead atoms. The van der Waals surface area contributed by atoms with E-state index in [4.69, 9.17) is 0 Å². The number of carbonyl (C=O) groups is 1. The highest BCUT2D eigenvalue weighted by Gasteiger charge is 2.20. The van der Waals surface area contributed by atoms with E-state index in [1.54, 1.807) is 6.08 Å². The van der Waals surface area contributed by atoms with Gasteiger partial charge in [-0.15, -0.1) is 0 Å². The van der Waals surface area contributed by atoms with Crippen LogP contribution in [0.1, 0.15) is 37.8 Å². The Morgan fingerprint density at radius 3 is 2.20 bits per heavy atom. The molecule has 0 aliphatic rings. The molecule has 3 nitrogen and oxygen atoms in total. The first-order valence-corrected chi connectivity index (χ1v) is 6.57. The molecule has 0 fully saturated rings. The molecule has 0 aromatic heterocycles. The van der Waals surface area contributed by atoms with Crippen LogP contribution in [0.25, 0.3) is 6.08 Å². The van der Waals surface area contributed by atoms with Crippen LogP contribution >= 0.6 is 0 Å². The molecule has 1 aromatic rings. The summed E-state index contributed by atoms with van der Waals surface area (Å²) in [6, 6.07) is 7.89. The largest absolute Gasteiger partial charge is 0.466 e. The highest BCUT2D eigenvalue weighted by Crippen LogP contribution is 2.25. The van der Waals surface area contributed by atoms with Crippen molar-refractivity contribution < 1.29 is 14.6 Å². The third-order valence-corrected chi connectivity index (χ3v) is 2.87. The van der Waals surface area contributed by atoms with E-state index >= 15 is 0 Å². The maximum atomic E-state index is 10.1. The number of ether oxygens (including phenoxy) is 1. The second-order valence-corrected chi connectivity index (χ2v) is 4.58. The first-order valence-electron chi connectivity index (χ1n) is 6.57. The fourth-order valence-electron chi connectivity index (χ4n) is 1.69. The van der Waals surface area contributed by atoms with Gasteiger partial charge in [0, 0.05) is 6.08 Å². The van der Waals surface area contributed by atoms with Crippen LogP contribution < -0.4 is 0 Å². The fourth-order valence-corrected chi connectivity index (χ4v) is 1.69. The van der Waals surface area contributed by atoms with Crippen molar-refractivity contribution in [3.8, 4) is 0 Å². The van der Waals surface area contributed by atoms with Crippen molar-refractivity contribution in [3.63, 3.8) is 0 Å². The Morgan fingerprint density at radius 1 is 1.35 bits per heavy atom. The van der Waals surface area contributed by atoms with E-state index in [9.17, 15) is 9.90 Å². The van der Waals surface area contributed by atoms with Gasteiger partial charge < -0.3 is 9.84 Å². The number of rotatable bonds is 5. The van der Waals surface area contributed by atoms with Crippen LogP contribution in [0.4, 0.5) is 0 Å². The Morgan fingerprint density at radius 2 is 1.90 bits per heavy atom. The van der Waals surface area contributed by atoms with Crippen molar-refractivity contribution in [1.29, 1.82) is 0 Å². The molecule has 110 valence electrons. The summed E-state index contributed by atoms with van der Waals surface area (Å²) in [4.78, 5) is 9.84. The van der Waals surface area contributed by atoms with Gasteiger partial charge in [0.15, 0.2) is 0 Å². The monoisotopic (exact) mass is 276 g/mol. The lowest BCUT2D eigenvalue weighted by molar-refractivity contribution is -0.134. The number of hydrogen-bond acceptors (Lipinski definition) is 3. The Hall–Kier alpha value is -1.87. The number of hydrogen-bond donors (Lipinski definition) is 1. The summed E-state index contributed by atoms with van der Waals surface area (Å²) < 4.78 is 4.14. The summed E-state index contributed by atoms with van der Waals surface area (Å²) in [5.41, 5.74) is 1.36. The van der Waals surface area contributed by atoms with E-state index in [1.807, 2.05) is 31.2 Å². The average molecular weight is 276 g/mol. The van der Waals surface area contributed by atoms with Gasteiger partial charge in [-0.1, -0.05) is 56.8 Å². The molecule has 0 saturated carbocycles. The maximum absolute atomic E-state index is 10.1. The van der Waals surface area contributed by atoms with Crippen molar-refractivity contribution in [2.75, 3.05) is 7.11 Å². The zero-order valence-corrected chi connectivity index (χ0v) is 12.6. The third kappa shape index (κ3) is 6.34. The molecule has 1 N–H and O–H groups in total. The zero-order valence-electron chi connectivity index (χ0n) is 12.6. The Bertz CT molecular complexity index is 430. The van der Waals surface area contributed by atoms with Gasteiger partial charge in [0.2, 0.25) is 0 Å². The van der Waals surface area contributed by atoms with Gasteiger partial charge in [0.25, 0.3) is 0 Å². The lowest BCUT2D eigenvalue weighted by atomic mass is 9.91. The molecule has 0 aliphatic carbocycles. The molecule has 0 saturated heterocycles. The molecule has 1 atom stereocenters. The molecular formula is C17H24O3. The molecule has 1 rings (SSSR count). The first-order chi connectivity index (χ1) is 9.41. The molecule has 0 aliphatic heterocycles. The van der Waals surface area contributed by atoms with Crippen molar-refractivity contribution in [2.24, 2.45) is 0 Å². The number of carbonyl (C=O) groups excluding carboxylic acids is 1. The summed E-state index contributed by atoms with van der Waals surface area (Å²) in [6.45, 7) is 10.8. The van der Waals surface area contributed by atoms with Gasteiger partial charge in [0.1, 0.15) is 0 Å². The van der Waals surface area contributed by atoms with Crippen molar-refractivity contribution in [3.05, 3.63) is 54.6 Å². The average Bonchev–Trinajstić information content (AvgIpc) is 2.47. The van der Waals surface area contributed by atoms with Gasteiger partial charge in [-0.25, -0.2) is 4.79 Å². The highest BCUT2D eigenvalue weighted by molar-refractivity contribution is 5.80. The van der Waals surface area contributed by atoms with Gasteiger partial charge in [0.05, 0.1) is 12.7 Å². The Kier molecular flexibility index (Phi) is 8.25. The van der Waals surface area contributed by atoms with E-state index in [2.05, 4.69) is 24.8 Å². The molecule has 3 heteroatoms. The van der Waals surface area contributed by atoms with E-state index in [0.717, 1.165) is 30.0 Å². The number of methoxy groups -OCH3 is 1. The molecule has 0 heterocycles. The van der Waals surface area contributed by atoms with E-state index in [0.29, 0.717) is 0 Å². The minimum Gasteiger partial charge on any atom is -0.466 e. The number of esters is 1. The molecule has 0 amide bonds. The van der Waals surface area contributed by atoms with Crippen LogP contribution in [0.3, 0.4) is 0 Å².